The molecule has 20 heavy (non-hydrogen) atoms. The normalized spacial score (nSPS) is 11.1. The lowest BCUT2D eigenvalue weighted by atomic mass is 10.1. The van der Waals surface area contributed by atoms with Crippen molar-refractivity contribution in [2.45, 2.75) is 33.2 Å². The molecule has 0 saturated carbocycles. The second kappa shape index (κ2) is 7.14. The van der Waals surface area contributed by atoms with Gasteiger partial charge in [-0.2, -0.15) is 0 Å². The first kappa shape index (κ1) is 16.3. The van der Waals surface area contributed by atoms with Crippen LogP contribution in [0.4, 0.5) is 0 Å². The zero-order valence-corrected chi connectivity index (χ0v) is 12.7. The summed E-state index contributed by atoms with van der Waals surface area (Å²) in [5.74, 6) is 1.05. The van der Waals surface area contributed by atoms with Gasteiger partial charge < -0.3 is 20.5 Å². The number of nitrogens with two attached hydrogens (primary N) is 1. The van der Waals surface area contributed by atoms with Crippen LogP contribution in [0.3, 0.4) is 0 Å². The third-order valence-electron chi connectivity index (χ3n) is 2.51. The molecule has 5 heteroatoms. The van der Waals surface area contributed by atoms with Gasteiger partial charge in [0.05, 0.1) is 13.2 Å². The van der Waals surface area contributed by atoms with Crippen molar-refractivity contribution in [1.82, 2.24) is 5.32 Å². The summed E-state index contributed by atoms with van der Waals surface area (Å²) < 4.78 is 11.0. The Morgan fingerprint density at radius 1 is 1.20 bits per heavy atom. The van der Waals surface area contributed by atoms with Gasteiger partial charge in [0.25, 0.3) is 5.91 Å². The molecule has 0 unspecified atom stereocenters. The molecule has 0 spiro atoms. The van der Waals surface area contributed by atoms with Gasteiger partial charge in [-0.05, 0) is 45.9 Å². The Labute approximate surface area is 120 Å². The summed E-state index contributed by atoms with van der Waals surface area (Å²) in [6.07, 6.45) is 0. The van der Waals surface area contributed by atoms with Crippen LogP contribution < -0.4 is 20.5 Å². The maximum absolute atomic E-state index is 12.1. The lowest BCUT2D eigenvalue weighted by molar-refractivity contribution is 0.0945. The summed E-state index contributed by atoms with van der Waals surface area (Å²) in [4.78, 5) is 12.1. The van der Waals surface area contributed by atoms with E-state index in [-0.39, 0.29) is 5.91 Å². The number of benzene rings is 1. The van der Waals surface area contributed by atoms with Crippen molar-refractivity contribution in [2.24, 2.45) is 5.73 Å². The molecule has 0 atom stereocenters. The molecule has 1 amide bonds. The Kier molecular flexibility index (Phi) is 5.82. The third-order valence-corrected chi connectivity index (χ3v) is 2.51. The number of amides is 1. The zero-order chi connectivity index (χ0) is 15.2. The van der Waals surface area contributed by atoms with Gasteiger partial charge in [0, 0.05) is 17.6 Å². The van der Waals surface area contributed by atoms with Crippen LogP contribution in [0.2, 0.25) is 0 Å². The van der Waals surface area contributed by atoms with Crippen molar-refractivity contribution in [3.63, 3.8) is 0 Å². The van der Waals surface area contributed by atoms with E-state index in [1.165, 1.54) is 0 Å². The Hall–Kier alpha value is -1.75. The van der Waals surface area contributed by atoms with Crippen molar-refractivity contribution >= 4 is 5.91 Å². The molecule has 0 aliphatic rings. The minimum atomic E-state index is -0.441. The van der Waals surface area contributed by atoms with Crippen LogP contribution >= 0.6 is 0 Å². The van der Waals surface area contributed by atoms with Gasteiger partial charge in [0.15, 0.2) is 11.5 Å². The van der Waals surface area contributed by atoms with Crippen molar-refractivity contribution < 1.29 is 14.3 Å². The molecule has 0 saturated heterocycles. The summed E-state index contributed by atoms with van der Waals surface area (Å²) in [7, 11) is 0. The summed E-state index contributed by atoms with van der Waals surface area (Å²) in [6.45, 7) is 8.98. The molecular weight excluding hydrogens is 256 g/mol. The fourth-order valence-electron chi connectivity index (χ4n) is 1.60. The molecule has 112 valence electrons. The largest absolute Gasteiger partial charge is 0.490 e. The molecule has 0 bridgehead atoms. The summed E-state index contributed by atoms with van der Waals surface area (Å²) >= 11 is 0. The fourth-order valence-corrected chi connectivity index (χ4v) is 1.60. The summed E-state index contributed by atoms with van der Waals surface area (Å²) in [5, 5.41) is 2.80. The van der Waals surface area contributed by atoms with E-state index in [4.69, 9.17) is 15.2 Å². The van der Waals surface area contributed by atoms with Gasteiger partial charge in [-0.25, -0.2) is 0 Å². The zero-order valence-electron chi connectivity index (χ0n) is 12.7. The minimum absolute atomic E-state index is 0.174. The molecule has 0 radical (unpaired) electrons. The van der Waals surface area contributed by atoms with E-state index in [9.17, 15) is 4.79 Å². The molecule has 3 N–H and O–H groups in total. The van der Waals surface area contributed by atoms with E-state index in [1.54, 1.807) is 18.2 Å². The fraction of sp³-hybridized carbons (Fsp3) is 0.533. The van der Waals surface area contributed by atoms with Gasteiger partial charge in [-0.15, -0.1) is 0 Å². The highest BCUT2D eigenvalue weighted by Gasteiger charge is 2.15. The van der Waals surface area contributed by atoms with E-state index in [0.29, 0.717) is 36.8 Å². The molecule has 1 rings (SSSR count). The molecule has 0 heterocycles. The van der Waals surface area contributed by atoms with Crippen molar-refractivity contribution in [3.05, 3.63) is 23.8 Å². The lowest BCUT2D eigenvalue weighted by Gasteiger charge is -2.19. The topological polar surface area (TPSA) is 73.6 Å². The highest BCUT2D eigenvalue weighted by Crippen LogP contribution is 2.28. The van der Waals surface area contributed by atoms with Gasteiger partial charge in [0.2, 0.25) is 0 Å². The van der Waals surface area contributed by atoms with E-state index in [2.05, 4.69) is 5.32 Å². The minimum Gasteiger partial charge on any atom is -0.490 e. The Balaban J connectivity index is 2.85. The van der Waals surface area contributed by atoms with Crippen LogP contribution in [0.1, 0.15) is 38.1 Å². The van der Waals surface area contributed by atoms with Crippen molar-refractivity contribution in [1.29, 1.82) is 0 Å². The average molecular weight is 280 g/mol. The van der Waals surface area contributed by atoms with Crippen LogP contribution in [-0.4, -0.2) is 31.2 Å². The molecular formula is C15H24N2O3. The number of ether oxygens (including phenoxy) is 2. The van der Waals surface area contributed by atoms with E-state index in [1.807, 2.05) is 27.7 Å². The van der Waals surface area contributed by atoms with Gasteiger partial charge in [0.1, 0.15) is 0 Å². The molecule has 5 nitrogen and oxygen atoms in total. The third kappa shape index (κ3) is 5.09. The van der Waals surface area contributed by atoms with E-state index in [0.717, 1.165) is 0 Å². The summed E-state index contributed by atoms with van der Waals surface area (Å²) in [6, 6.07) is 5.15. The van der Waals surface area contributed by atoms with E-state index < -0.39 is 5.54 Å². The summed E-state index contributed by atoms with van der Waals surface area (Å²) in [5.41, 5.74) is 5.93. The standard InChI is InChI=1S/C15H24N2O3/c1-5-19-12-8-7-11(9-13(12)20-6-2)14(18)17-10-15(3,4)16/h7-9H,5-6,10,16H2,1-4H3,(H,17,18). The van der Waals surface area contributed by atoms with Gasteiger partial charge >= 0.3 is 0 Å². The van der Waals surface area contributed by atoms with Crippen LogP contribution in [0.5, 0.6) is 11.5 Å². The maximum Gasteiger partial charge on any atom is 0.251 e. The molecule has 0 fully saturated rings. The Morgan fingerprint density at radius 3 is 2.35 bits per heavy atom. The number of hydrogen-bond donors (Lipinski definition) is 2. The SMILES string of the molecule is CCOc1ccc(C(=O)NCC(C)(C)N)cc1OCC. The number of hydrogen-bond acceptors (Lipinski definition) is 4. The van der Waals surface area contributed by atoms with Gasteiger partial charge in [-0.3, -0.25) is 4.79 Å². The first-order chi connectivity index (χ1) is 9.37. The van der Waals surface area contributed by atoms with Crippen LogP contribution in [0.15, 0.2) is 18.2 Å². The van der Waals surface area contributed by atoms with Crippen molar-refractivity contribution in [2.75, 3.05) is 19.8 Å². The molecule has 0 aliphatic heterocycles. The van der Waals surface area contributed by atoms with Crippen molar-refractivity contribution in [3.8, 4) is 11.5 Å². The molecule has 1 aromatic carbocycles. The quantitative estimate of drug-likeness (QED) is 0.800. The number of rotatable bonds is 7. The first-order valence-corrected chi connectivity index (χ1v) is 6.84. The smallest absolute Gasteiger partial charge is 0.251 e. The predicted molar refractivity (Wildman–Crippen MR) is 79.4 cm³/mol. The highest BCUT2D eigenvalue weighted by molar-refractivity contribution is 5.94. The first-order valence-electron chi connectivity index (χ1n) is 6.84. The molecule has 0 aliphatic carbocycles. The second-order valence-corrected chi connectivity index (χ2v) is 5.20. The second-order valence-electron chi connectivity index (χ2n) is 5.20. The Morgan fingerprint density at radius 2 is 1.80 bits per heavy atom. The van der Waals surface area contributed by atoms with Gasteiger partial charge in [-0.1, -0.05) is 0 Å². The predicted octanol–water partition coefficient (Wildman–Crippen LogP) is 1.95. The number of nitrogens with one attached hydrogen (secondary N) is 1. The maximum atomic E-state index is 12.1. The molecule has 0 aromatic heterocycles. The highest BCUT2D eigenvalue weighted by atomic mass is 16.5. The van der Waals surface area contributed by atoms with Crippen LogP contribution in [0, 0.1) is 0 Å². The van der Waals surface area contributed by atoms with E-state index >= 15 is 0 Å². The lowest BCUT2D eigenvalue weighted by Crippen LogP contribution is -2.45. The Bertz CT molecular complexity index is 453. The molecule has 1 aromatic rings. The number of carbonyl (C=O) groups excluding carboxylic acids is 1. The monoisotopic (exact) mass is 280 g/mol. The number of carbonyl (C=O) groups is 1. The van der Waals surface area contributed by atoms with Crippen LogP contribution in [0.25, 0.3) is 0 Å². The average Bonchev–Trinajstić information content (AvgIpc) is 2.37. The van der Waals surface area contributed by atoms with Crippen LogP contribution in [-0.2, 0) is 0 Å².